The molecule has 3 aromatic carbocycles. The topological polar surface area (TPSA) is 26.3 Å². The average Bonchev–Trinajstić information content (AvgIpc) is 2.69. The number of hydrogen-bond donors (Lipinski definition) is 0. The quantitative estimate of drug-likeness (QED) is 0.405. The number of benzene rings is 3. The normalized spacial score (nSPS) is 11.7. The lowest BCUT2D eigenvalue weighted by Gasteiger charge is -2.19. The van der Waals surface area contributed by atoms with Gasteiger partial charge in [0.1, 0.15) is 11.9 Å². The van der Waals surface area contributed by atoms with Crippen LogP contribution in [0, 0.1) is 0 Å². The van der Waals surface area contributed by atoms with Crippen molar-refractivity contribution in [2.24, 2.45) is 0 Å². The zero-order chi connectivity index (χ0) is 17.5. The van der Waals surface area contributed by atoms with Crippen molar-refractivity contribution in [1.29, 1.82) is 0 Å². The van der Waals surface area contributed by atoms with Gasteiger partial charge >= 0.3 is 0 Å². The fraction of sp³-hybridized carbons (Fsp3) is 0.136. The first-order valence-corrected chi connectivity index (χ1v) is 8.79. The van der Waals surface area contributed by atoms with Gasteiger partial charge in [-0.05, 0) is 29.8 Å². The Balaban J connectivity index is 1.74. The Kier molecular flexibility index (Phi) is 5.86. The summed E-state index contributed by atoms with van der Waals surface area (Å²) in [6, 6.07) is 26.5. The molecule has 1 atom stereocenters. The van der Waals surface area contributed by atoms with E-state index in [4.69, 9.17) is 16.3 Å². The summed E-state index contributed by atoms with van der Waals surface area (Å²) in [7, 11) is 0. The maximum atomic E-state index is 12.4. The van der Waals surface area contributed by atoms with Crippen LogP contribution in [0.3, 0.4) is 0 Å². The molecule has 0 aliphatic rings. The first kappa shape index (κ1) is 17.2. The van der Waals surface area contributed by atoms with Crippen LogP contribution in [0.25, 0.3) is 0 Å². The molecule has 0 fully saturated rings. The van der Waals surface area contributed by atoms with Gasteiger partial charge in [-0.2, -0.15) is 0 Å². The summed E-state index contributed by atoms with van der Waals surface area (Å²) < 4.78 is 6.09. The number of halogens is 1. The van der Waals surface area contributed by atoms with Crippen LogP contribution in [0.2, 0.25) is 0 Å². The van der Waals surface area contributed by atoms with Gasteiger partial charge in [-0.1, -0.05) is 60.7 Å². The molecular weight excluding hydrogens is 332 g/mol. The summed E-state index contributed by atoms with van der Waals surface area (Å²) in [5.41, 5.74) is 2.42. The highest BCUT2D eigenvalue weighted by Gasteiger charge is 2.13. The van der Waals surface area contributed by atoms with Gasteiger partial charge in [-0.25, -0.2) is 0 Å². The number of rotatable bonds is 7. The predicted octanol–water partition coefficient (Wildman–Crippen LogP) is 5.67. The Labute approximate surface area is 153 Å². The molecule has 25 heavy (non-hydrogen) atoms. The van der Waals surface area contributed by atoms with Crippen LogP contribution in [-0.4, -0.2) is 11.7 Å². The van der Waals surface area contributed by atoms with E-state index < -0.39 is 0 Å². The molecule has 0 aromatic heterocycles. The van der Waals surface area contributed by atoms with E-state index in [-0.39, 0.29) is 11.9 Å². The third-order valence-electron chi connectivity index (χ3n) is 3.97. The second-order valence-corrected chi connectivity index (χ2v) is 6.09. The highest BCUT2D eigenvalue weighted by Crippen LogP contribution is 2.26. The van der Waals surface area contributed by atoms with Gasteiger partial charge in [0.2, 0.25) is 0 Å². The Hall–Kier alpha value is -2.58. The van der Waals surface area contributed by atoms with Gasteiger partial charge in [0.15, 0.2) is 5.78 Å². The molecular formula is C22H19ClO2. The van der Waals surface area contributed by atoms with Crippen LogP contribution < -0.4 is 4.74 Å². The summed E-state index contributed by atoms with van der Waals surface area (Å²) in [5.74, 6) is 1.25. The SMILES string of the molecule is O=C(c1ccccc1)c1ccc(OC(CCCl)c2ccccc2)cc1. The molecule has 0 amide bonds. The fourth-order valence-electron chi connectivity index (χ4n) is 2.67. The smallest absolute Gasteiger partial charge is 0.193 e. The van der Waals surface area contributed by atoms with Crippen LogP contribution in [-0.2, 0) is 0 Å². The van der Waals surface area contributed by atoms with Crippen molar-refractivity contribution >= 4 is 17.4 Å². The summed E-state index contributed by atoms with van der Waals surface area (Å²) in [6.07, 6.45) is 0.616. The first-order valence-electron chi connectivity index (χ1n) is 8.25. The monoisotopic (exact) mass is 350 g/mol. The first-order chi connectivity index (χ1) is 12.3. The van der Waals surface area contributed by atoms with Crippen molar-refractivity contribution in [1.82, 2.24) is 0 Å². The number of carbonyl (C=O) groups excluding carboxylic acids is 1. The van der Waals surface area contributed by atoms with Crippen LogP contribution >= 0.6 is 11.6 Å². The number of carbonyl (C=O) groups is 1. The Morgan fingerprint density at radius 1 is 0.800 bits per heavy atom. The van der Waals surface area contributed by atoms with Crippen molar-refractivity contribution in [3.63, 3.8) is 0 Å². The zero-order valence-corrected chi connectivity index (χ0v) is 14.5. The van der Waals surface area contributed by atoms with E-state index >= 15 is 0 Å². The molecule has 0 aliphatic carbocycles. The fourth-order valence-corrected chi connectivity index (χ4v) is 2.86. The van der Waals surface area contributed by atoms with Gasteiger partial charge in [-0.15, -0.1) is 11.6 Å². The van der Waals surface area contributed by atoms with Gasteiger partial charge in [0.05, 0.1) is 0 Å². The molecule has 2 nitrogen and oxygen atoms in total. The van der Waals surface area contributed by atoms with E-state index in [1.54, 1.807) is 12.1 Å². The van der Waals surface area contributed by atoms with Gasteiger partial charge < -0.3 is 4.74 Å². The third kappa shape index (κ3) is 4.49. The second-order valence-electron chi connectivity index (χ2n) is 5.71. The summed E-state index contributed by atoms with van der Waals surface area (Å²) in [4.78, 5) is 12.4. The predicted molar refractivity (Wildman–Crippen MR) is 101 cm³/mol. The molecule has 3 aromatic rings. The number of ketones is 1. The van der Waals surface area contributed by atoms with E-state index in [1.165, 1.54) is 0 Å². The molecule has 0 bridgehead atoms. The Morgan fingerprint density at radius 3 is 1.96 bits per heavy atom. The van der Waals surface area contributed by atoms with Crippen LogP contribution in [0.4, 0.5) is 0 Å². The lowest BCUT2D eigenvalue weighted by Crippen LogP contribution is -2.08. The minimum Gasteiger partial charge on any atom is -0.486 e. The van der Waals surface area contributed by atoms with Crippen molar-refractivity contribution in [3.8, 4) is 5.75 Å². The van der Waals surface area contributed by atoms with Crippen LogP contribution in [0.15, 0.2) is 84.9 Å². The summed E-state index contributed by atoms with van der Waals surface area (Å²) in [6.45, 7) is 0. The lowest BCUT2D eigenvalue weighted by atomic mass is 10.0. The largest absolute Gasteiger partial charge is 0.486 e. The maximum absolute atomic E-state index is 12.4. The summed E-state index contributed by atoms with van der Waals surface area (Å²) in [5, 5.41) is 0. The molecule has 3 heteroatoms. The molecule has 0 radical (unpaired) electrons. The highest BCUT2D eigenvalue weighted by molar-refractivity contribution is 6.17. The van der Waals surface area contributed by atoms with Gasteiger partial charge in [0, 0.05) is 23.4 Å². The van der Waals surface area contributed by atoms with Crippen LogP contribution in [0.1, 0.15) is 34.0 Å². The molecule has 0 spiro atoms. The molecule has 0 aliphatic heterocycles. The lowest BCUT2D eigenvalue weighted by molar-refractivity contribution is 0.103. The van der Waals surface area contributed by atoms with Gasteiger partial charge in [-0.3, -0.25) is 4.79 Å². The standard InChI is InChI=1S/C22H19ClO2/c23-16-15-21(17-7-3-1-4-8-17)25-20-13-11-19(12-14-20)22(24)18-9-5-2-6-10-18/h1-14,21H,15-16H2. The molecule has 0 heterocycles. The second kappa shape index (κ2) is 8.50. The molecule has 0 saturated carbocycles. The van der Waals surface area contributed by atoms with E-state index in [1.807, 2.05) is 72.8 Å². The number of hydrogen-bond acceptors (Lipinski definition) is 2. The van der Waals surface area contributed by atoms with Crippen molar-refractivity contribution < 1.29 is 9.53 Å². The van der Waals surface area contributed by atoms with Crippen LogP contribution in [0.5, 0.6) is 5.75 Å². The Morgan fingerprint density at radius 2 is 1.36 bits per heavy atom. The number of alkyl halides is 1. The number of ether oxygens (including phenoxy) is 1. The van der Waals surface area contributed by atoms with Crippen molar-refractivity contribution in [3.05, 3.63) is 102 Å². The highest BCUT2D eigenvalue weighted by atomic mass is 35.5. The van der Waals surface area contributed by atoms with Crippen molar-refractivity contribution in [2.45, 2.75) is 12.5 Å². The Bertz CT molecular complexity index is 798. The van der Waals surface area contributed by atoms with E-state index in [2.05, 4.69) is 0 Å². The minimum absolute atomic E-state index is 0.00696. The molecule has 3 rings (SSSR count). The molecule has 126 valence electrons. The molecule has 0 N–H and O–H groups in total. The summed E-state index contributed by atoms with van der Waals surface area (Å²) >= 11 is 5.92. The molecule has 0 saturated heterocycles. The van der Waals surface area contributed by atoms with E-state index in [9.17, 15) is 4.79 Å². The molecule has 1 unspecified atom stereocenters. The maximum Gasteiger partial charge on any atom is 0.193 e. The van der Waals surface area contributed by atoms with E-state index in [0.717, 1.165) is 17.7 Å². The van der Waals surface area contributed by atoms with Gasteiger partial charge in [0.25, 0.3) is 0 Å². The minimum atomic E-state index is -0.102. The van der Waals surface area contributed by atoms with E-state index in [0.29, 0.717) is 17.0 Å². The van der Waals surface area contributed by atoms with Crippen molar-refractivity contribution in [2.75, 3.05) is 5.88 Å². The average molecular weight is 351 g/mol. The third-order valence-corrected chi connectivity index (χ3v) is 4.19. The zero-order valence-electron chi connectivity index (χ0n) is 13.8.